The van der Waals surface area contributed by atoms with Crippen molar-refractivity contribution in [3.63, 3.8) is 0 Å². The van der Waals surface area contributed by atoms with Crippen molar-refractivity contribution < 1.29 is 5.11 Å². The second kappa shape index (κ2) is 6.78. The van der Waals surface area contributed by atoms with E-state index in [0.717, 1.165) is 43.3 Å². The molecule has 112 valence electrons. The summed E-state index contributed by atoms with van der Waals surface area (Å²) in [6, 6.07) is 0. The van der Waals surface area contributed by atoms with Gasteiger partial charge in [-0.3, -0.25) is 4.98 Å². The van der Waals surface area contributed by atoms with Gasteiger partial charge in [0, 0.05) is 25.1 Å². The molecule has 0 saturated carbocycles. The van der Waals surface area contributed by atoms with Gasteiger partial charge in [0.05, 0.1) is 18.5 Å². The van der Waals surface area contributed by atoms with E-state index in [2.05, 4.69) is 24.8 Å². The Kier molecular flexibility index (Phi) is 4.57. The second-order valence-corrected chi connectivity index (χ2v) is 5.54. The van der Waals surface area contributed by atoms with Crippen LogP contribution in [0, 0.1) is 5.92 Å². The maximum atomic E-state index is 8.96. The Balaban J connectivity index is 1.54. The molecule has 0 aliphatic carbocycles. The molecule has 0 unspecified atom stereocenters. The lowest BCUT2D eigenvalue weighted by atomic mass is 9.92. The van der Waals surface area contributed by atoms with E-state index in [-0.39, 0.29) is 6.61 Å². The summed E-state index contributed by atoms with van der Waals surface area (Å²) in [5, 5.41) is 8.96. The normalized spacial score (nSPS) is 17.2. The summed E-state index contributed by atoms with van der Waals surface area (Å²) in [5.41, 5.74) is 1.83. The van der Waals surface area contributed by atoms with E-state index in [1.54, 1.807) is 18.6 Å². The minimum absolute atomic E-state index is 0.254. The first-order chi connectivity index (χ1) is 10.3. The monoisotopic (exact) mass is 287 g/mol. The fourth-order valence-corrected chi connectivity index (χ4v) is 2.84. The molecule has 0 bridgehead atoms. The predicted molar refractivity (Wildman–Crippen MR) is 79.6 cm³/mol. The van der Waals surface area contributed by atoms with E-state index in [0.29, 0.717) is 5.92 Å². The number of aromatic nitrogens is 4. The lowest BCUT2D eigenvalue weighted by Gasteiger charge is -2.31. The highest BCUT2D eigenvalue weighted by atomic mass is 16.3. The molecule has 0 radical (unpaired) electrons. The van der Waals surface area contributed by atoms with Crippen molar-refractivity contribution in [1.82, 2.24) is 24.8 Å². The van der Waals surface area contributed by atoms with Crippen LogP contribution in [-0.2, 0) is 6.42 Å². The van der Waals surface area contributed by atoms with Crippen molar-refractivity contribution in [3.8, 4) is 11.5 Å². The molecule has 0 aromatic carbocycles. The van der Waals surface area contributed by atoms with Crippen LogP contribution < -0.4 is 0 Å². The molecule has 3 heterocycles. The fourth-order valence-electron chi connectivity index (χ4n) is 2.84. The highest BCUT2D eigenvalue weighted by Gasteiger charge is 2.19. The number of hydrogen-bond donors (Lipinski definition) is 2. The van der Waals surface area contributed by atoms with E-state index in [4.69, 9.17) is 5.11 Å². The molecule has 2 aromatic heterocycles. The van der Waals surface area contributed by atoms with Crippen LogP contribution in [0.2, 0.25) is 0 Å². The Hall–Kier alpha value is -1.79. The van der Waals surface area contributed by atoms with E-state index in [1.165, 1.54) is 12.8 Å². The first-order valence-electron chi connectivity index (χ1n) is 7.49. The number of nitrogens with zero attached hydrogens (tertiary/aromatic N) is 4. The molecular formula is C15H21N5O. The summed E-state index contributed by atoms with van der Waals surface area (Å²) >= 11 is 0. The Morgan fingerprint density at radius 2 is 2.05 bits per heavy atom. The van der Waals surface area contributed by atoms with Gasteiger partial charge < -0.3 is 15.0 Å². The molecule has 21 heavy (non-hydrogen) atoms. The molecule has 0 spiro atoms. The highest BCUT2D eigenvalue weighted by molar-refractivity contribution is 5.46. The minimum Gasteiger partial charge on any atom is -0.395 e. The summed E-state index contributed by atoms with van der Waals surface area (Å²) in [5.74, 6) is 1.43. The molecule has 1 aliphatic heterocycles. The summed E-state index contributed by atoms with van der Waals surface area (Å²) in [7, 11) is 0. The predicted octanol–water partition coefficient (Wildman–Crippen LogP) is 1.11. The van der Waals surface area contributed by atoms with Crippen molar-refractivity contribution >= 4 is 0 Å². The third kappa shape index (κ3) is 3.65. The first-order valence-corrected chi connectivity index (χ1v) is 7.49. The molecule has 1 saturated heterocycles. The van der Waals surface area contributed by atoms with E-state index >= 15 is 0 Å². The van der Waals surface area contributed by atoms with Gasteiger partial charge in [-0.15, -0.1) is 0 Å². The van der Waals surface area contributed by atoms with Gasteiger partial charge in [0.15, 0.2) is 5.82 Å². The van der Waals surface area contributed by atoms with Crippen molar-refractivity contribution in [2.45, 2.75) is 19.3 Å². The zero-order chi connectivity index (χ0) is 14.5. The molecule has 1 aliphatic rings. The van der Waals surface area contributed by atoms with Crippen molar-refractivity contribution in [3.05, 3.63) is 30.5 Å². The Bertz CT molecular complexity index is 532. The Morgan fingerprint density at radius 1 is 1.19 bits per heavy atom. The number of hydrogen-bond acceptors (Lipinski definition) is 5. The molecule has 0 atom stereocenters. The van der Waals surface area contributed by atoms with Gasteiger partial charge >= 0.3 is 0 Å². The molecule has 2 N–H and O–H groups in total. The lowest BCUT2D eigenvalue weighted by molar-refractivity contribution is 0.147. The fraction of sp³-hybridized carbons (Fsp3) is 0.533. The molecule has 3 rings (SSSR count). The minimum atomic E-state index is 0.254. The number of rotatable bonds is 5. The van der Waals surface area contributed by atoms with E-state index in [1.807, 2.05) is 6.20 Å². The van der Waals surface area contributed by atoms with Gasteiger partial charge in [0.2, 0.25) is 0 Å². The summed E-state index contributed by atoms with van der Waals surface area (Å²) in [6.45, 7) is 3.20. The summed E-state index contributed by atoms with van der Waals surface area (Å²) in [4.78, 5) is 18.5. The molecular weight excluding hydrogens is 266 g/mol. The van der Waals surface area contributed by atoms with Gasteiger partial charge in [-0.1, -0.05) is 0 Å². The topological polar surface area (TPSA) is 77.9 Å². The standard InChI is InChI=1S/C15H21N5O/c21-8-7-20-5-1-12(2-6-20)9-13-10-19-14(11-18-13)15-16-3-4-17-15/h3-4,10-12,21H,1-2,5-9H2,(H,16,17). The number of aliphatic hydroxyl groups excluding tert-OH is 1. The van der Waals surface area contributed by atoms with Gasteiger partial charge in [-0.05, 0) is 38.3 Å². The number of H-pyrrole nitrogens is 1. The number of β-amino-alcohol motifs (C(OH)–C–C–N with tert-alkyl or cyclic N) is 1. The third-order valence-electron chi connectivity index (χ3n) is 4.07. The zero-order valence-corrected chi connectivity index (χ0v) is 12.1. The van der Waals surface area contributed by atoms with E-state index < -0.39 is 0 Å². The van der Waals surface area contributed by atoms with Crippen LogP contribution in [0.5, 0.6) is 0 Å². The molecule has 1 fully saturated rings. The summed E-state index contributed by atoms with van der Waals surface area (Å²) < 4.78 is 0. The van der Waals surface area contributed by atoms with Gasteiger partial charge in [0.25, 0.3) is 0 Å². The number of nitrogens with one attached hydrogen (secondary N) is 1. The summed E-state index contributed by atoms with van der Waals surface area (Å²) in [6.07, 6.45) is 10.5. The average Bonchev–Trinajstić information content (AvgIpc) is 3.05. The van der Waals surface area contributed by atoms with Crippen molar-refractivity contribution in [2.24, 2.45) is 5.92 Å². The van der Waals surface area contributed by atoms with Crippen LogP contribution in [0.25, 0.3) is 11.5 Å². The number of aliphatic hydroxyl groups is 1. The molecule has 2 aromatic rings. The van der Waals surface area contributed by atoms with Crippen molar-refractivity contribution in [1.29, 1.82) is 0 Å². The largest absolute Gasteiger partial charge is 0.395 e. The van der Waals surface area contributed by atoms with Gasteiger partial charge in [0.1, 0.15) is 5.69 Å². The number of aromatic amines is 1. The van der Waals surface area contributed by atoms with Gasteiger partial charge in [-0.2, -0.15) is 0 Å². The van der Waals surface area contributed by atoms with Crippen LogP contribution in [0.3, 0.4) is 0 Å². The third-order valence-corrected chi connectivity index (χ3v) is 4.07. The molecule has 6 heteroatoms. The first kappa shape index (κ1) is 14.2. The number of likely N-dealkylation sites (tertiary alicyclic amines) is 1. The van der Waals surface area contributed by atoms with Gasteiger partial charge in [-0.25, -0.2) is 9.97 Å². The second-order valence-electron chi connectivity index (χ2n) is 5.54. The Labute approximate surface area is 124 Å². The van der Waals surface area contributed by atoms with Crippen LogP contribution in [-0.4, -0.2) is 56.2 Å². The number of piperidine rings is 1. The molecule has 6 nitrogen and oxygen atoms in total. The van der Waals surface area contributed by atoms with E-state index in [9.17, 15) is 0 Å². The average molecular weight is 287 g/mol. The SMILES string of the molecule is OCCN1CCC(Cc2cnc(-c3ncc[nH]3)cn2)CC1. The van der Waals surface area contributed by atoms with Crippen LogP contribution in [0.4, 0.5) is 0 Å². The number of imidazole rings is 1. The smallest absolute Gasteiger partial charge is 0.157 e. The zero-order valence-electron chi connectivity index (χ0n) is 12.1. The van der Waals surface area contributed by atoms with Crippen LogP contribution >= 0.6 is 0 Å². The molecule has 0 amide bonds. The Morgan fingerprint density at radius 3 is 2.67 bits per heavy atom. The highest BCUT2D eigenvalue weighted by Crippen LogP contribution is 2.21. The van der Waals surface area contributed by atoms with Crippen LogP contribution in [0.15, 0.2) is 24.8 Å². The maximum Gasteiger partial charge on any atom is 0.157 e. The lowest BCUT2D eigenvalue weighted by Crippen LogP contribution is -2.36. The quantitative estimate of drug-likeness (QED) is 0.861. The maximum absolute atomic E-state index is 8.96. The van der Waals surface area contributed by atoms with Crippen molar-refractivity contribution in [2.75, 3.05) is 26.2 Å². The van der Waals surface area contributed by atoms with Crippen LogP contribution in [0.1, 0.15) is 18.5 Å².